The Hall–Kier alpha value is -2.42. The minimum Gasteiger partial charge on any atom is -0.387 e. The molecule has 24 heavy (non-hydrogen) atoms. The number of aliphatic hydroxyl groups is 1. The Morgan fingerprint density at radius 1 is 1.38 bits per heavy atom. The highest BCUT2D eigenvalue weighted by atomic mass is 19.4. The van der Waals surface area contributed by atoms with E-state index in [1.807, 2.05) is 0 Å². The fraction of sp³-hybridized carbons (Fsp3) is 0.400. The average molecular weight is 343 g/mol. The van der Waals surface area contributed by atoms with Gasteiger partial charge in [0.2, 0.25) is 5.91 Å². The first-order valence-corrected chi connectivity index (χ1v) is 7.16. The molecular formula is C15H16F3N3O3. The molecule has 0 unspecified atom stereocenters. The maximum atomic E-state index is 12.9. The summed E-state index contributed by atoms with van der Waals surface area (Å²) in [6.45, 7) is -0.400. The van der Waals surface area contributed by atoms with Crippen molar-refractivity contribution in [2.45, 2.75) is 25.1 Å². The molecule has 2 amide bonds. The molecule has 1 aliphatic rings. The fourth-order valence-electron chi connectivity index (χ4n) is 2.28. The lowest BCUT2D eigenvalue weighted by Gasteiger charge is -2.20. The number of hydrogen-bond acceptors (Lipinski definition) is 4. The van der Waals surface area contributed by atoms with Gasteiger partial charge in [0.15, 0.2) is 0 Å². The molecule has 1 aromatic carbocycles. The molecule has 0 radical (unpaired) electrons. The van der Waals surface area contributed by atoms with Crippen molar-refractivity contribution in [1.29, 1.82) is 0 Å². The van der Waals surface area contributed by atoms with Crippen LogP contribution in [0.15, 0.2) is 29.4 Å². The van der Waals surface area contributed by atoms with Gasteiger partial charge in [-0.3, -0.25) is 9.59 Å². The summed E-state index contributed by atoms with van der Waals surface area (Å²) < 4.78 is 38.8. The van der Waals surface area contributed by atoms with Crippen LogP contribution in [-0.2, 0) is 15.8 Å². The number of carbonyl (C=O) groups is 2. The molecule has 6 nitrogen and oxygen atoms in total. The van der Waals surface area contributed by atoms with E-state index in [1.54, 1.807) is 0 Å². The minimum atomic E-state index is -4.60. The van der Waals surface area contributed by atoms with Crippen LogP contribution in [0, 0.1) is 0 Å². The van der Waals surface area contributed by atoms with E-state index in [-0.39, 0.29) is 30.0 Å². The number of amides is 2. The predicted molar refractivity (Wildman–Crippen MR) is 78.9 cm³/mol. The van der Waals surface area contributed by atoms with E-state index in [0.717, 1.165) is 17.1 Å². The van der Waals surface area contributed by atoms with Gasteiger partial charge in [0, 0.05) is 26.4 Å². The number of hydrazone groups is 1. The Kier molecular flexibility index (Phi) is 5.23. The molecule has 0 spiro atoms. The number of nitrogens with one attached hydrogen (secondary N) is 1. The third-order valence-corrected chi connectivity index (χ3v) is 3.55. The first-order chi connectivity index (χ1) is 11.2. The zero-order valence-corrected chi connectivity index (χ0v) is 12.8. The zero-order chi connectivity index (χ0) is 17.9. The number of benzene rings is 1. The Bertz CT molecular complexity index is 673. The maximum Gasteiger partial charge on any atom is 0.416 e. The number of carbonyl (C=O) groups excluding carboxylic acids is 2. The van der Waals surface area contributed by atoms with Crippen LogP contribution in [0.5, 0.6) is 0 Å². The van der Waals surface area contributed by atoms with Gasteiger partial charge in [0.1, 0.15) is 5.71 Å². The standard InChI is InChI=1S/C15H16F3N3O3/c1-21-13(23)7-6-11(20-21)14(24)19-8-12(22)9-4-2-3-5-10(9)15(16,17)18/h2-5,12,22H,6-8H2,1H3,(H,19,24)/t12-/m0/s1. The molecule has 2 N–H and O–H groups in total. The van der Waals surface area contributed by atoms with Crippen molar-refractivity contribution >= 4 is 17.5 Å². The summed E-state index contributed by atoms with van der Waals surface area (Å²) >= 11 is 0. The first-order valence-electron chi connectivity index (χ1n) is 7.16. The van der Waals surface area contributed by atoms with Crippen LogP contribution >= 0.6 is 0 Å². The molecule has 0 aliphatic carbocycles. The van der Waals surface area contributed by atoms with Gasteiger partial charge in [-0.15, -0.1) is 0 Å². The molecule has 0 fully saturated rings. The van der Waals surface area contributed by atoms with Gasteiger partial charge in [0.25, 0.3) is 5.91 Å². The predicted octanol–water partition coefficient (Wildman–Crippen LogP) is 1.46. The van der Waals surface area contributed by atoms with Crippen LogP contribution in [0.1, 0.15) is 30.1 Å². The topological polar surface area (TPSA) is 82.0 Å². The highest BCUT2D eigenvalue weighted by molar-refractivity contribution is 6.39. The van der Waals surface area contributed by atoms with Crippen LogP contribution in [0.3, 0.4) is 0 Å². The van der Waals surface area contributed by atoms with Gasteiger partial charge < -0.3 is 10.4 Å². The lowest BCUT2D eigenvalue weighted by atomic mass is 10.0. The smallest absolute Gasteiger partial charge is 0.387 e. The average Bonchev–Trinajstić information content (AvgIpc) is 2.54. The summed E-state index contributed by atoms with van der Waals surface area (Å²) in [6.07, 6.45) is -5.85. The lowest BCUT2D eigenvalue weighted by Crippen LogP contribution is -2.39. The Morgan fingerprint density at radius 3 is 2.67 bits per heavy atom. The van der Waals surface area contributed by atoms with Gasteiger partial charge in [-0.25, -0.2) is 5.01 Å². The van der Waals surface area contributed by atoms with E-state index >= 15 is 0 Å². The minimum absolute atomic E-state index is 0.0911. The van der Waals surface area contributed by atoms with E-state index in [0.29, 0.717) is 0 Å². The second-order valence-electron chi connectivity index (χ2n) is 5.27. The van der Waals surface area contributed by atoms with Crippen LogP contribution in [-0.4, -0.2) is 41.2 Å². The molecule has 1 atom stereocenters. The van der Waals surface area contributed by atoms with E-state index in [9.17, 15) is 27.9 Å². The lowest BCUT2D eigenvalue weighted by molar-refractivity contribution is -0.139. The van der Waals surface area contributed by atoms with E-state index < -0.39 is 30.3 Å². The van der Waals surface area contributed by atoms with Crippen molar-refractivity contribution < 1.29 is 27.9 Å². The summed E-state index contributed by atoms with van der Waals surface area (Å²) in [5.74, 6) is -0.858. The van der Waals surface area contributed by atoms with E-state index in [2.05, 4.69) is 10.4 Å². The highest BCUT2D eigenvalue weighted by Crippen LogP contribution is 2.34. The summed E-state index contributed by atoms with van der Waals surface area (Å²) in [7, 11) is 1.41. The highest BCUT2D eigenvalue weighted by Gasteiger charge is 2.34. The van der Waals surface area contributed by atoms with Crippen molar-refractivity contribution in [2.75, 3.05) is 13.6 Å². The summed E-state index contributed by atoms with van der Waals surface area (Å²) in [5.41, 5.74) is -1.18. The number of aliphatic hydroxyl groups excluding tert-OH is 1. The van der Waals surface area contributed by atoms with Crippen molar-refractivity contribution in [1.82, 2.24) is 10.3 Å². The largest absolute Gasteiger partial charge is 0.416 e. The molecule has 0 aromatic heterocycles. The molecule has 0 bridgehead atoms. The molecule has 2 rings (SSSR count). The molecule has 0 saturated heterocycles. The summed E-state index contributed by atoms with van der Waals surface area (Å²) in [5, 5.41) is 17.2. The maximum absolute atomic E-state index is 12.9. The van der Waals surface area contributed by atoms with Crippen molar-refractivity contribution in [2.24, 2.45) is 5.10 Å². The molecule has 1 heterocycles. The normalized spacial score (nSPS) is 16.6. The first kappa shape index (κ1) is 17.9. The second kappa shape index (κ2) is 7.00. The molecule has 130 valence electrons. The van der Waals surface area contributed by atoms with Gasteiger partial charge in [-0.2, -0.15) is 18.3 Å². The van der Waals surface area contributed by atoms with E-state index in [1.165, 1.54) is 19.2 Å². The number of hydrogen-bond donors (Lipinski definition) is 2. The number of nitrogens with zero attached hydrogens (tertiary/aromatic N) is 2. The van der Waals surface area contributed by atoms with Gasteiger partial charge in [-0.1, -0.05) is 18.2 Å². The van der Waals surface area contributed by atoms with Crippen LogP contribution < -0.4 is 5.32 Å². The van der Waals surface area contributed by atoms with Crippen molar-refractivity contribution in [3.63, 3.8) is 0 Å². The zero-order valence-electron chi connectivity index (χ0n) is 12.8. The Labute approximate surface area is 135 Å². The Morgan fingerprint density at radius 2 is 2.04 bits per heavy atom. The van der Waals surface area contributed by atoms with Crippen LogP contribution in [0.25, 0.3) is 0 Å². The third-order valence-electron chi connectivity index (χ3n) is 3.55. The number of alkyl halides is 3. The molecule has 0 saturated carbocycles. The summed E-state index contributed by atoms with van der Waals surface area (Å²) in [4.78, 5) is 23.2. The van der Waals surface area contributed by atoms with Crippen LogP contribution in [0.4, 0.5) is 13.2 Å². The summed E-state index contributed by atoms with van der Waals surface area (Å²) in [6, 6.07) is 4.62. The van der Waals surface area contributed by atoms with E-state index in [4.69, 9.17) is 0 Å². The number of halogens is 3. The monoisotopic (exact) mass is 343 g/mol. The quantitative estimate of drug-likeness (QED) is 0.868. The van der Waals surface area contributed by atoms with Crippen molar-refractivity contribution in [3.8, 4) is 0 Å². The third kappa shape index (κ3) is 4.10. The van der Waals surface area contributed by atoms with Crippen molar-refractivity contribution in [3.05, 3.63) is 35.4 Å². The molecule has 9 heteroatoms. The van der Waals surface area contributed by atoms with Gasteiger partial charge >= 0.3 is 6.18 Å². The van der Waals surface area contributed by atoms with Crippen LogP contribution in [0.2, 0.25) is 0 Å². The van der Waals surface area contributed by atoms with Gasteiger partial charge in [-0.05, 0) is 11.6 Å². The molecule has 1 aliphatic heterocycles. The Balaban J connectivity index is 2.04. The SMILES string of the molecule is CN1N=C(C(=O)NC[C@H](O)c2ccccc2C(F)(F)F)CCC1=O. The molecular weight excluding hydrogens is 327 g/mol. The second-order valence-corrected chi connectivity index (χ2v) is 5.27. The molecule has 1 aromatic rings. The van der Waals surface area contributed by atoms with Gasteiger partial charge in [0.05, 0.1) is 11.7 Å². The number of rotatable bonds is 4. The fourth-order valence-corrected chi connectivity index (χ4v) is 2.28.